The van der Waals surface area contributed by atoms with Gasteiger partial charge in [0, 0.05) is 38.8 Å². The summed E-state index contributed by atoms with van der Waals surface area (Å²) in [5, 5.41) is 9.52. The molecule has 1 aromatic carbocycles. The third-order valence-electron chi connectivity index (χ3n) is 4.22. The summed E-state index contributed by atoms with van der Waals surface area (Å²) >= 11 is 0. The van der Waals surface area contributed by atoms with Gasteiger partial charge in [0.15, 0.2) is 0 Å². The predicted molar refractivity (Wildman–Crippen MR) is 85.9 cm³/mol. The molecule has 1 fully saturated rings. The number of β-amino-alcohol motifs (C(OH)–C–C–N with tert-alkyl or cyclic N) is 1. The van der Waals surface area contributed by atoms with Crippen molar-refractivity contribution in [2.24, 2.45) is 0 Å². The number of ether oxygens (including phenoxy) is 1. The van der Waals surface area contributed by atoms with E-state index in [0.29, 0.717) is 6.04 Å². The number of hydrogen-bond acceptors (Lipinski definition) is 4. The first-order valence-corrected chi connectivity index (χ1v) is 7.86. The molecule has 21 heavy (non-hydrogen) atoms. The summed E-state index contributed by atoms with van der Waals surface area (Å²) in [5.41, 5.74) is 1.36. The van der Waals surface area contributed by atoms with E-state index in [2.05, 4.69) is 28.9 Å². The van der Waals surface area contributed by atoms with Gasteiger partial charge in [-0.15, -0.1) is 0 Å². The molecule has 1 aliphatic rings. The van der Waals surface area contributed by atoms with E-state index in [0.717, 1.165) is 44.9 Å². The Bertz CT molecular complexity index is 419. The van der Waals surface area contributed by atoms with Gasteiger partial charge in [-0.1, -0.05) is 12.1 Å². The van der Waals surface area contributed by atoms with Gasteiger partial charge in [0.1, 0.15) is 5.75 Å². The minimum atomic E-state index is -0.238. The lowest BCUT2D eigenvalue weighted by molar-refractivity contribution is 0.0456. The highest BCUT2D eigenvalue weighted by molar-refractivity contribution is 5.27. The maximum atomic E-state index is 9.52. The van der Waals surface area contributed by atoms with Crippen molar-refractivity contribution in [3.05, 3.63) is 29.8 Å². The second-order valence-corrected chi connectivity index (χ2v) is 6.09. The Hall–Kier alpha value is -1.10. The van der Waals surface area contributed by atoms with Gasteiger partial charge in [0.25, 0.3) is 0 Å². The molecular formula is C17H28N2O2. The van der Waals surface area contributed by atoms with E-state index in [1.807, 2.05) is 19.1 Å². The number of benzene rings is 1. The molecule has 0 saturated carbocycles. The van der Waals surface area contributed by atoms with Crippen molar-refractivity contribution in [3.8, 4) is 5.75 Å². The lowest BCUT2D eigenvalue weighted by atomic mass is 10.1. The highest BCUT2D eigenvalue weighted by atomic mass is 16.5. The third kappa shape index (κ3) is 4.99. The highest BCUT2D eigenvalue weighted by Crippen LogP contribution is 2.14. The second-order valence-electron chi connectivity index (χ2n) is 6.09. The molecule has 0 aliphatic carbocycles. The van der Waals surface area contributed by atoms with E-state index in [1.54, 1.807) is 7.11 Å². The van der Waals surface area contributed by atoms with E-state index < -0.39 is 0 Å². The molecule has 1 saturated heterocycles. The molecule has 4 nitrogen and oxygen atoms in total. The van der Waals surface area contributed by atoms with Crippen molar-refractivity contribution in [1.29, 1.82) is 0 Å². The van der Waals surface area contributed by atoms with E-state index in [-0.39, 0.29) is 6.10 Å². The zero-order valence-electron chi connectivity index (χ0n) is 13.5. The van der Waals surface area contributed by atoms with Crippen LogP contribution < -0.4 is 4.74 Å². The van der Waals surface area contributed by atoms with Crippen LogP contribution in [0.15, 0.2) is 24.3 Å². The second kappa shape index (κ2) is 7.78. The Labute approximate surface area is 128 Å². The number of hydrogen-bond donors (Lipinski definition) is 1. The quantitative estimate of drug-likeness (QED) is 0.864. The summed E-state index contributed by atoms with van der Waals surface area (Å²) in [6, 6.07) is 8.86. The summed E-state index contributed by atoms with van der Waals surface area (Å²) in [4.78, 5) is 4.90. The number of aliphatic hydroxyl groups is 1. The lowest BCUT2D eigenvalue weighted by Gasteiger charge is -2.40. The average Bonchev–Trinajstić information content (AvgIpc) is 2.48. The number of piperazine rings is 1. The van der Waals surface area contributed by atoms with Crippen LogP contribution in [0, 0.1) is 0 Å². The largest absolute Gasteiger partial charge is 0.497 e. The third-order valence-corrected chi connectivity index (χ3v) is 4.22. The van der Waals surface area contributed by atoms with Crippen molar-refractivity contribution in [1.82, 2.24) is 9.80 Å². The van der Waals surface area contributed by atoms with Gasteiger partial charge in [-0.3, -0.25) is 4.90 Å². The number of nitrogens with zero attached hydrogens (tertiary/aromatic N) is 2. The van der Waals surface area contributed by atoms with Gasteiger partial charge in [-0.25, -0.2) is 0 Å². The molecule has 2 unspecified atom stereocenters. The van der Waals surface area contributed by atoms with Gasteiger partial charge in [-0.2, -0.15) is 0 Å². The van der Waals surface area contributed by atoms with Gasteiger partial charge >= 0.3 is 0 Å². The Balaban J connectivity index is 1.77. The Morgan fingerprint density at radius 3 is 2.57 bits per heavy atom. The molecule has 0 aromatic heterocycles. The summed E-state index contributed by atoms with van der Waals surface area (Å²) in [6.45, 7) is 9.22. The number of rotatable bonds is 6. The molecule has 1 N–H and O–H groups in total. The summed E-state index contributed by atoms with van der Waals surface area (Å²) in [7, 11) is 1.70. The van der Waals surface area contributed by atoms with Crippen LogP contribution in [0.2, 0.25) is 0 Å². The van der Waals surface area contributed by atoms with Crippen molar-refractivity contribution in [3.63, 3.8) is 0 Å². The van der Waals surface area contributed by atoms with Crippen LogP contribution in [0.25, 0.3) is 0 Å². The first-order chi connectivity index (χ1) is 10.1. The van der Waals surface area contributed by atoms with Gasteiger partial charge in [-0.05, 0) is 38.0 Å². The number of aliphatic hydroxyl groups excluding tert-OH is 1. The summed E-state index contributed by atoms with van der Waals surface area (Å²) in [6.07, 6.45) is 0.839. The maximum absolute atomic E-state index is 9.52. The molecular weight excluding hydrogens is 264 g/mol. The van der Waals surface area contributed by atoms with Crippen molar-refractivity contribution in [2.75, 3.05) is 39.8 Å². The lowest BCUT2D eigenvalue weighted by Crippen LogP contribution is -2.53. The molecule has 0 radical (unpaired) electrons. The number of methoxy groups -OCH3 is 1. The van der Waals surface area contributed by atoms with E-state index in [1.165, 1.54) is 5.56 Å². The average molecular weight is 292 g/mol. The van der Waals surface area contributed by atoms with Gasteiger partial charge in [0.05, 0.1) is 13.2 Å². The van der Waals surface area contributed by atoms with E-state index >= 15 is 0 Å². The summed E-state index contributed by atoms with van der Waals surface area (Å²) < 4.78 is 5.18. The molecule has 2 atom stereocenters. The van der Waals surface area contributed by atoms with Crippen LogP contribution in [-0.4, -0.2) is 66.9 Å². The van der Waals surface area contributed by atoms with Crippen LogP contribution in [0.5, 0.6) is 5.75 Å². The first-order valence-electron chi connectivity index (χ1n) is 7.86. The zero-order chi connectivity index (χ0) is 15.2. The standard InChI is InChI=1S/C17H28N2O2/c1-14-12-18(10-11-19(14)13-15(2)20)9-8-16-4-6-17(21-3)7-5-16/h4-7,14-15,20H,8-13H2,1-3H3. The Morgan fingerprint density at radius 1 is 1.29 bits per heavy atom. The van der Waals surface area contributed by atoms with Crippen LogP contribution >= 0.6 is 0 Å². The van der Waals surface area contributed by atoms with Crippen LogP contribution in [0.3, 0.4) is 0 Å². The van der Waals surface area contributed by atoms with Gasteiger partial charge < -0.3 is 14.7 Å². The van der Waals surface area contributed by atoms with Gasteiger partial charge in [0.2, 0.25) is 0 Å². The molecule has 0 spiro atoms. The minimum Gasteiger partial charge on any atom is -0.497 e. The molecule has 1 heterocycles. The molecule has 0 amide bonds. The fourth-order valence-electron chi connectivity index (χ4n) is 2.96. The molecule has 1 aliphatic heterocycles. The zero-order valence-corrected chi connectivity index (χ0v) is 13.5. The normalized spacial score (nSPS) is 22.2. The molecule has 118 valence electrons. The first kappa shape index (κ1) is 16.3. The Kier molecular flexibility index (Phi) is 6.03. The molecule has 2 rings (SSSR count). The smallest absolute Gasteiger partial charge is 0.118 e. The predicted octanol–water partition coefficient (Wildman–Crippen LogP) is 1.62. The summed E-state index contributed by atoms with van der Waals surface area (Å²) in [5.74, 6) is 0.916. The maximum Gasteiger partial charge on any atom is 0.118 e. The molecule has 1 aromatic rings. The van der Waals surface area contributed by atoms with Crippen LogP contribution in [0.1, 0.15) is 19.4 Å². The SMILES string of the molecule is COc1ccc(CCN2CCN(CC(C)O)C(C)C2)cc1. The van der Waals surface area contributed by atoms with Crippen molar-refractivity contribution < 1.29 is 9.84 Å². The van der Waals surface area contributed by atoms with E-state index in [4.69, 9.17) is 4.74 Å². The van der Waals surface area contributed by atoms with Crippen molar-refractivity contribution in [2.45, 2.75) is 32.4 Å². The van der Waals surface area contributed by atoms with Crippen LogP contribution in [-0.2, 0) is 6.42 Å². The van der Waals surface area contributed by atoms with Crippen molar-refractivity contribution >= 4 is 0 Å². The highest BCUT2D eigenvalue weighted by Gasteiger charge is 2.23. The molecule has 4 heteroatoms. The minimum absolute atomic E-state index is 0.238. The topological polar surface area (TPSA) is 35.9 Å². The Morgan fingerprint density at radius 2 is 2.00 bits per heavy atom. The van der Waals surface area contributed by atoms with Crippen LogP contribution in [0.4, 0.5) is 0 Å². The van der Waals surface area contributed by atoms with E-state index in [9.17, 15) is 5.11 Å². The monoisotopic (exact) mass is 292 g/mol. The fourth-order valence-corrected chi connectivity index (χ4v) is 2.96. The fraction of sp³-hybridized carbons (Fsp3) is 0.647. The molecule has 0 bridgehead atoms.